The Bertz CT molecular complexity index is 1420. The van der Waals surface area contributed by atoms with E-state index < -0.39 is 50.5 Å². The normalized spacial score (nSPS) is 14.4. The predicted molar refractivity (Wildman–Crippen MR) is 109 cm³/mol. The van der Waals surface area contributed by atoms with Gasteiger partial charge in [-0.25, -0.2) is 9.18 Å². The summed E-state index contributed by atoms with van der Waals surface area (Å²) in [5, 5.41) is 8.92. The molecule has 33 heavy (non-hydrogen) atoms. The molecule has 1 N–H and O–H groups in total. The largest absolute Gasteiger partial charge is 0.516 e. The van der Waals surface area contributed by atoms with Crippen molar-refractivity contribution in [2.45, 2.75) is 30.9 Å². The Morgan fingerprint density at radius 3 is 2.39 bits per heavy atom. The highest BCUT2D eigenvalue weighted by Gasteiger charge is 2.51. The van der Waals surface area contributed by atoms with E-state index in [2.05, 4.69) is 4.98 Å². The van der Waals surface area contributed by atoms with Crippen LogP contribution in [0.1, 0.15) is 34.8 Å². The van der Waals surface area contributed by atoms with Crippen molar-refractivity contribution in [1.29, 1.82) is 0 Å². The highest BCUT2D eigenvalue weighted by atomic mass is 32.2. The van der Waals surface area contributed by atoms with Crippen molar-refractivity contribution >= 4 is 32.6 Å². The van der Waals surface area contributed by atoms with Crippen LogP contribution in [0.15, 0.2) is 47.7 Å². The Labute approximate surface area is 183 Å². The van der Waals surface area contributed by atoms with Gasteiger partial charge >= 0.3 is 21.5 Å². The van der Waals surface area contributed by atoms with Crippen molar-refractivity contribution < 1.29 is 35.9 Å². The first-order chi connectivity index (χ1) is 15.4. The summed E-state index contributed by atoms with van der Waals surface area (Å²) in [6.45, 7) is -0.854. The maximum Gasteiger partial charge on any atom is 0.516 e. The van der Waals surface area contributed by atoms with Crippen molar-refractivity contribution in [3.05, 3.63) is 70.0 Å². The molecule has 0 atom stereocenters. The molecule has 8 nitrogen and oxygen atoms in total. The molecule has 1 aromatic carbocycles. The van der Waals surface area contributed by atoms with Gasteiger partial charge in [0.05, 0.1) is 17.7 Å². The minimum atomic E-state index is -6.04. The molecule has 0 amide bonds. The van der Waals surface area contributed by atoms with Crippen LogP contribution >= 0.6 is 0 Å². The van der Waals surface area contributed by atoms with E-state index in [1.54, 1.807) is 0 Å². The fraction of sp³-hybridized carbons (Fsp3) is 0.250. The zero-order valence-electron chi connectivity index (χ0n) is 16.6. The molecule has 0 bridgehead atoms. The van der Waals surface area contributed by atoms with Crippen molar-refractivity contribution in [2.75, 3.05) is 4.31 Å². The molecule has 0 spiro atoms. The van der Waals surface area contributed by atoms with Crippen LogP contribution in [0.4, 0.5) is 23.2 Å². The van der Waals surface area contributed by atoms with Gasteiger partial charge in [-0.15, -0.1) is 0 Å². The van der Waals surface area contributed by atoms with Gasteiger partial charge in [-0.1, -0.05) is 0 Å². The SMILES string of the molecule is O=C(O)c1cn(C2CC2)c2cc(N(Cc3ccncc3)S(=O)(=O)C(F)(F)F)c(F)cc2c1=O. The number of benzene rings is 1. The highest BCUT2D eigenvalue weighted by molar-refractivity contribution is 7.93. The molecule has 0 saturated heterocycles. The molecule has 3 aromatic rings. The second kappa shape index (κ2) is 7.83. The number of aromatic carboxylic acids is 1. The molecule has 2 heterocycles. The zero-order valence-corrected chi connectivity index (χ0v) is 17.4. The summed E-state index contributed by atoms with van der Waals surface area (Å²) >= 11 is 0. The first kappa shape index (κ1) is 22.7. The fourth-order valence-corrected chi connectivity index (χ4v) is 4.40. The minimum absolute atomic E-state index is 0.0685. The van der Waals surface area contributed by atoms with Gasteiger partial charge in [-0.3, -0.25) is 14.1 Å². The van der Waals surface area contributed by atoms with E-state index in [9.17, 15) is 36.3 Å². The average molecular weight is 485 g/mol. The van der Waals surface area contributed by atoms with Gasteiger partial charge in [0.2, 0.25) is 5.43 Å². The molecule has 1 saturated carbocycles. The summed E-state index contributed by atoms with van der Waals surface area (Å²) in [5.74, 6) is -2.97. The topological polar surface area (TPSA) is 110 Å². The summed E-state index contributed by atoms with van der Waals surface area (Å²) in [4.78, 5) is 27.7. The number of hydrogen-bond donors (Lipinski definition) is 1. The predicted octanol–water partition coefficient (Wildman–Crippen LogP) is 3.42. The quantitative estimate of drug-likeness (QED) is 0.536. The van der Waals surface area contributed by atoms with Crippen LogP contribution in [0.5, 0.6) is 0 Å². The molecule has 2 aromatic heterocycles. The summed E-state index contributed by atoms with van der Waals surface area (Å²) in [7, 11) is -6.04. The van der Waals surface area contributed by atoms with Gasteiger partial charge in [-0.05, 0) is 42.7 Å². The number of alkyl halides is 3. The molecule has 4 rings (SSSR count). The number of carbonyl (C=O) groups is 1. The van der Waals surface area contributed by atoms with Crippen LogP contribution in [-0.2, 0) is 16.6 Å². The number of hydrogen-bond acceptors (Lipinski definition) is 5. The lowest BCUT2D eigenvalue weighted by Gasteiger charge is -2.26. The van der Waals surface area contributed by atoms with Gasteiger partial charge in [0.1, 0.15) is 11.4 Å². The number of rotatable bonds is 6. The summed E-state index contributed by atoms with van der Waals surface area (Å²) < 4.78 is 81.4. The van der Waals surface area contributed by atoms with Gasteiger partial charge in [0, 0.05) is 30.0 Å². The number of fused-ring (bicyclic) bond motifs is 1. The van der Waals surface area contributed by atoms with Crippen molar-refractivity contribution in [3.8, 4) is 0 Å². The number of sulfonamides is 1. The second-order valence-electron chi connectivity index (χ2n) is 7.45. The molecular formula is C20H15F4N3O5S. The lowest BCUT2D eigenvalue weighted by atomic mass is 10.1. The van der Waals surface area contributed by atoms with Gasteiger partial charge in [0.15, 0.2) is 0 Å². The Morgan fingerprint density at radius 2 is 1.85 bits per heavy atom. The van der Waals surface area contributed by atoms with Crippen LogP contribution < -0.4 is 9.73 Å². The number of aromatic nitrogens is 2. The van der Waals surface area contributed by atoms with E-state index in [1.165, 1.54) is 29.1 Å². The zero-order chi connectivity index (χ0) is 24.1. The first-order valence-corrected chi connectivity index (χ1v) is 11.0. The van der Waals surface area contributed by atoms with Crippen molar-refractivity contribution in [2.24, 2.45) is 0 Å². The maximum absolute atomic E-state index is 15.1. The van der Waals surface area contributed by atoms with E-state index in [0.717, 1.165) is 12.3 Å². The van der Waals surface area contributed by atoms with Crippen molar-refractivity contribution in [1.82, 2.24) is 9.55 Å². The molecular weight excluding hydrogens is 470 g/mol. The number of pyridine rings is 2. The number of anilines is 1. The molecule has 0 aliphatic heterocycles. The summed E-state index contributed by atoms with van der Waals surface area (Å²) in [5.41, 5.74) is -8.27. The highest BCUT2D eigenvalue weighted by Crippen LogP contribution is 2.39. The van der Waals surface area contributed by atoms with Crippen LogP contribution in [0.2, 0.25) is 0 Å². The maximum atomic E-state index is 15.1. The number of nitrogens with zero attached hydrogens (tertiary/aromatic N) is 3. The van der Waals surface area contributed by atoms with E-state index >= 15 is 4.39 Å². The average Bonchev–Trinajstić information content (AvgIpc) is 3.57. The third-order valence-electron chi connectivity index (χ3n) is 5.20. The first-order valence-electron chi connectivity index (χ1n) is 9.51. The van der Waals surface area contributed by atoms with Crippen molar-refractivity contribution in [3.63, 3.8) is 0 Å². The van der Waals surface area contributed by atoms with E-state index in [-0.39, 0.29) is 26.8 Å². The van der Waals surface area contributed by atoms with E-state index in [4.69, 9.17) is 0 Å². The minimum Gasteiger partial charge on any atom is -0.477 e. The fourth-order valence-electron chi connectivity index (χ4n) is 3.44. The Morgan fingerprint density at radius 1 is 1.21 bits per heavy atom. The third-order valence-corrected chi connectivity index (χ3v) is 6.69. The number of carboxylic acids is 1. The van der Waals surface area contributed by atoms with Crippen LogP contribution in [0.25, 0.3) is 10.9 Å². The molecule has 1 aliphatic carbocycles. The van der Waals surface area contributed by atoms with Crippen LogP contribution in [-0.4, -0.2) is 34.6 Å². The molecule has 174 valence electrons. The van der Waals surface area contributed by atoms with Gasteiger partial charge < -0.3 is 9.67 Å². The number of carboxylic acid groups (broad SMARTS) is 1. The summed E-state index contributed by atoms with van der Waals surface area (Å²) in [6, 6.07) is 3.70. The van der Waals surface area contributed by atoms with Gasteiger partial charge in [0.25, 0.3) is 0 Å². The second-order valence-corrected chi connectivity index (χ2v) is 9.30. The molecule has 13 heteroatoms. The van der Waals surface area contributed by atoms with Crippen LogP contribution in [0, 0.1) is 5.82 Å². The standard InChI is InChI=1S/C20H15F4N3O5S/c21-15-7-13-16(26(12-1-2-12)10-14(18(13)28)19(29)30)8-17(15)27(33(31,32)20(22,23)24)9-11-3-5-25-6-4-11/h3-8,10,12H,1-2,9H2,(H,29,30). The Hall–Kier alpha value is -3.48. The van der Waals surface area contributed by atoms with E-state index in [0.29, 0.717) is 18.9 Å². The molecule has 0 unspecified atom stereocenters. The van der Waals surface area contributed by atoms with Crippen LogP contribution in [0.3, 0.4) is 0 Å². The monoisotopic (exact) mass is 485 g/mol. The summed E-state index contributed by atoms with van der Waals surface area (Å²) in [6.07, 6.45) is 4.72. The third kappa shape index (κ3) is 4.03. The van der Waals surface area contributed by atoms with E-state index in [1.807, 2.05) is 0 Å². The Balaban J connectivity index is 1.99. The molecule has 0 radical (unpaired) electrons. The Kier molecular flexibility index (Phi) is 5.39. The van der Waals surface area contributed by atoms with Gasteiger partial charge in [-0.2, -0.15) is 21.6 Å². The molecule has 1 fully saturated rings. The smallest absolute Gasteiger partial charge is 0.477 e. The lowest BCUT2D eigenvalue weighted by Crippen LogP contribution is -2.41. The number of halogens is 4. The molecule has 1 aliphatic rings. The lowest BCUT2D eigenvalue weighted by molar-refractivity contribution is -0.0439.